The van der Waals surface area contributed by atoms with Crippen molar-refractivity contribution in [1.29, 1.82) is 0 Å². The van der Waals surface area contributed by atoms with Crippen molar-refractivity contribution in [2.24, 2.45) is 0 Å². The first-order valence-corrected chi connectivity index (χ1v) is 12.6. The van der Waals surface area contributed by atoms with E-state index < -0.39 is 0 Å². The van der Waals surface area contributed by atoms with E-state index >= 15 is 0 Å². The molecule has 0 aliphatic carbocycles. The number of aryl methyl sites for hydroxylation is 4. The molecule has 1 aromatic carbocycles. The van der Waals surface area contributed by atoms with Crippen molar-refractivity contribution in [3.05, 3.63) is 62.3 Å². The highest BCUT2D eigenvalue weighted by atomic mass is 32.1. The van der Waals surface area contributed by atoms with Crippen molar-refractivity contribution < 1.29 is 9.32 Å². The van der Waals surface area contributed by atoms with E-state index in [0.717, 1.165) is 33.9 Å². The van der Waals surface area contributed by atoms with Gasteiger partial charge in [0.15, 0.2) is 0 Å². The summed E-state index contributed by atoms with van der Waals surface area (Å²) < 4.78 is 5.44. The number of hydrogen-bond acceptors (Lipinski definition) is 8. The van der Waals surface area contributed by atoms with E-state index in [-0.39, 0.29) is 11.5 Å². The summed E-state index contributed by atoms with van der Waals surface area (Å²) in [5.41, 5.74) is 2.97. The summed E-state index contributed by atoms with van der Waals surface area (Å²) >= 11 is 1.52. The molecule has 0 atom stereocenters. The molecule has 35 heavy (non-hydrogen) atoms. The van der Waals surface area contributed by atoms with Crippen molar-refractivity contribution in [2.45, 2.75) is 40.2 Å². The molecule has 4 aromatic rings. The lowest BCUT2D eigenvalue weighted by Gasteiger charge is -2.34. The SMILES string of the molecule is Cc1ccc(-c2noc(CN3CCN(C(=O)CCc4nc5sc(C)c(C)c5c(=O)[nH]4)CC3)n2)cc1. The highest BCUT2D eigenvalue weighted by Crippen LogP contribution is 2.25. The van der Waals surface area contributed by atoms with E-state index in [0.29, 0.717) is 55.4 Å². The van der Waals surface area contributed by atoms with Gasteiger partial charge >= 0.3 is 0 Å². The van der Waals surface area contributed by atoms with Gasteiger partial charge in [-0.05, 0) is 26.3 Å². The van der Waals surface area contributed by atoms with Crippen molar-refractivity contribution in [2.75, 3.05) is 26.2 Å². The number of carbonyl (C=O) groups excluding carboxylic acids is 1. The van der Waals surface area contributed by atoms with Crippen LogP contribution in [0.1, 0.15) is 34.1 Å². The Morgan fingerprint density at radius 3 is 2.57 bits per heavy atom. The average molecular weight is 493 g/mol. The second-order valence-electron chi connectivity index (χ2n) is 9.01. The largest absolute Gasteiger partial charge is 0.340 e. The van der Waals surface area contributed by atoms with Crippen LogP contribution >= 0.6 is 11.3 Å². The molecule has 5 rings (SSSR count). The van der Waals surface area contributed by atoms with Crippen LogP contribution in [0.2, 0.25) is 0 Å². The molecule has 1 N–H and O–H groups in total. The Labute approximate surface area is 206 Å². The zero-order valence-corrected chi connectivity index (χ0v) is 20.9. The summed E-state index contributed by atoms with van der Waals surface area (Å²) in [6, 6.07) is 8.02. The maximum atomic E-state index is 12.8. The number of rotatable bonds is 6. The fourth-order valence-electron chi connectivity index (χ4n) is 4.29. The monoisotopic (exact) mass is 492 g/mol. The van der Waals surface area contributed by atoms with Gasteiger partial charge in [-0.15, -0.1) is 11.3 Å². The minimum atomic E-state index is -0.125. The van der Waals surface area contributed by atoms with Crippen LogP contribution in [0.15, 0.2) is 33.6 Å². The molecule has 1 aliphatic heterocycles. The molecule has 182 valence electrons. The first kappa shape index (κ1) is 23.4. The predicted molar refractivity (Wildman–Crippen MR) is 134 cm³/mol. The first-order chi connectivity index (χ1) is 16.9. The summed E-state index contributed by atoms with van der Waals surface area (Å²) in [7, 11) is 0. The van der Waals surface area contributed by atoms with Crippen LogP contribution in [0.3, 0.4) is 0 Å². The molecule has 0 spiro atoms. The molecule has 0 unspecified atom stereocenters. The smallest absolute Gasteiger partial charge is 0.259 e. The Morgan fingerprint density at radius 1 is 1.09 bits per heavy atom. The van der Waals surface area contributed by atoms with Crippen LogP contribution < -0.4 is 5.56 Å². The zero-order valence-electron chi connectivity index (χ0n) is 20.1. The van der Waals surface area contributed by atoms with Crippen molar-refractivity contribution in [1.82, 2.24) is 29.9 Å². The van der Waals surface area contributed by atoms with Gasteiger partial charge in [-0.2, -0.15) is 4.98 Å². The van der Waals surface area contributed by atoms with E-state index in [4.69, 9.17) is 4.52 Å². The van der Waals surface area contributed by atoms with Crippen molar-refractivity contribution in [3.63, 3.8) is 0 Å². The number of amides is 1. The van der Waals surface area contributed by atoms with Gasteiger partial charge in [-0.3, -0.25) is 14.5 Å². The predicted octanol–water partition coefficient (Wildman–Crippen LogP) is 3.24. The van der Waals surface area contributed by atoms with E-state index in [9.17, 15) is 9.59 Å². The summed E-state index contributed by atoms with van der Waals surface area (Å²) in [4.78, 5) is 43.1. The minimum Gasteiger partial charge on any atom is -0.340 e. The number of carbonyl (C=O) groups is 1. The standard InChI is InChI=1S/C25H28N6O3S/c1-15-4-6-18(7-5-15)23-28-20(34-29-23)14-30-10-12-31(13-11-30)21(32)9-8-19-26-24(33)22-16(2)17(3)35-25(22)27-19/h4-7H,8-14H2,1-3H3,(H,26,27,33). The second kappa shape index (κ2) is 9.71. The van der Waals surface area contributed by atoms with Gasteiger partial charge in [0.2, 0.25) is 17.6 Å². The third-order valence-corrected chi connectivity index (χ3v) is 7.63. The van der Waals surface area contributed by atoms with Gasteiger partial charge in [0.05, 0.1) is 11.9 Å². The quantitative estimate of drug-likeness (QED) is 0.440. The number of aromatic nitrogens is 4. The number of thiophene rings is 1. The van der Waals surface area contributed by atoms with E-state index in [1.165, 1.54) is 16.9 Å². The zero-order chi connectivity index (χ0) is 24.5. The number of nitrogens with one attached hydrogen (secondary N) is 1. The third kappa shape index (κ3) is 5.03. The van der Waals surface area contributed by atoms with Gasteiger partial charge in [-0.25, -0.2) is 4.98 Å². The van der Waals surface area contributed by atoms with E-state index in [1.54, 1.807) is 0 Å². The van der Waals surface area contributed by atoms with Gasteiger partial charge in [0.1, 0.15) is 10.7 Å². The van der Waals surface area contributed by atoms with Crippen LogP contribution in [-0.4, -0.2) is 62.0 Å². The molecule has 4 heterocycles. The second-order valence-corrected chi connectivity index (χ2v) is 10.2. The molecule has 0 bridgehead atoms. The first-order valence-electron chi connectivity index (χ1n) is 11.8. The fraction of sp³-hybridized carbons (Fsp3) is 0.400. The number of piperazine rings is 1. The number of benzene rings is 1. The molecule has 0 radical (unpaired) electrons. The summed E-state index contributed by atoms with van der Waals surface area (Å²) in [6.45, 7) is 9.30. The van der Waals surface area contributed by atoms with Crippen LogP contribution in [0.25, 0.3) is 21.6 Å². The Balaban J connectivity index is 1.12. The average Bonchev–Trinajstić information content (AvgIpc) is 3.42. The van der Waals surface area contributed by atoms with Crippen LogP contribution in [0.4, 0.5) is 0 Å². The molecule has 1 amide bonds. The Kier molecular flexibility index (Phi) is 6.48. The van der Waals surface area contributed by atoms with Gasteiger partial charge in [0, 0.05) is 49.5 Å². The molecule has 1 fully saturated rings. The van der Waals surface area contributed by atoms with Crippen molar-refractivity contribution in [3.8, 4) is 11.4 Å². The molecular formula is C25H28N6O3S. The number of nitrogens with zero attached hydrogens (tertiary/aromatic N) is 5. The Hall–Kier alpha value is -3.37. The summed E-state index contributed by atoms with van der Waals surface area (Å²) in [6.07, 6.45) is 0.741. The third-order valence-electron chi connectivity index (χ3n) is 6.53. The lowest BCUT2D eigenvalue weighted by Crippen LogP contribution is -2.48. The van der Waals surface area contributed by atoms with Gasteiger partial charge in [0.25, 0.3) is 5.56 Å². The Bertz CT molecular complexity index is 1410. The van der Waals surface area contributed by atoms with Gasteiger partial charge in [-0.1, -0.05) is 35.0 Å². The molecule has 3 aromatic heterocycles. The van der Waals surface area contributed by atoms with Crippen LogP contribution in [0, 0.1) is 20.8 Å². The number of hydrogen-bond donors (Lipinski definition) is 1. The lowest BCUT2D eigenvalue weighted by molar-refractivity contribution is -0.133. The van der Waals surface area contributed by atoms with Crippen LogP contribution in [-0.2, 0) is 17.8 Å². The number of H-pyrrole nitrogens is 1. The molecule has 10 heteroatoms. The fourth-order valence-corrected chi connectivity index (χ4v) is 5.34. The Morgan fingerprint density at radius 2 is 1.83 bits per heavy atom. The van der Waals surface area contributed by atoms with E-state index in [2.05, 4.69) is 25.0 Å². The summed E-state index contributed by atoms with van der Waals surface area (Å²) in [5.74, 6) is 1.80. The maximum absolute atomic E-state index is 12.8. The normalized spacial score (nSPS) is 14.7. The highest BCUT2D eigenvalue weighted by molar-refractivity contribution is 7.18. The lowest BCUT2D eigenvalue weighted by atomic mass is 10.1. The number of fused-ring (bicyclic) bond motifs is 1. The molecular weight excluding hydrogens is 464 g/mol. The van der Waals surface area contributed by atoms with Crippen molar-refractivity contribution >= 4 is 27.5 Å². The topological polar surface area (TPSA) is 108 Å². The highest BCUT2D eigenvalue weighted by Gasteiger charge is 2.23. The summed E-state index contributed by atoms with van der Waals surface area (Å²) in [5, 5.41) is 4.76. The molecule has 1 aliphatic rings. The van der Waals surface area contributed by atoms with E-state index in [1.807, 2.05) is 49.9 Å². The van der Waals surface area contributed by atoms with Crippen LogP contribution in [0.5, 0.6) is 0 Å². The maximum Gasteiger partial charge on any atom is 0.259 e. The van der Waals surface area contributed by atoms with Gasteiger partial charge < -0.3 is 14.4 Å². The molecule has 9 nitrogen and oxygen atoms in total. The minimum absolute atomic E-state index is 0.0744. The molecule has 0 saturated carbocycles. The number of aromatic amines is 1. The molecule has 1 saturated heterocycles.